The minimum absolute atomic E-state index is 0.197. The Hall–Kier alpha value is -3.34. The van der Waals surface area contributed by atoms with Crippen LogP contribution in [0.4, 0.5) is 5.69 Å². The molecule has 1 atom stereocenters. The molecular formula is C26H34N4O6. The van der Waals surface area contributed by atoms with E-state index in [4.69, 9.17) is 23.7 Å². The molecule has 10 heteroatoms. The zero-order valence-corrected chi connectivity index (χ0v) is 21.2. The van der Waals surface area contributed by atoms with Gasteiger partial charge in [-0.25, -0.2) is 4.68 Å². The van der Waals surface area contributed by atoms with Crippen LogP contribution in [0.1, 0.15) is 27.7 Å². The van der Waals surface area contributed by atoms with Crippen molar-refractivity contribution in [2.75, 3.05) is 45.1 Å². The Labute approximate surface area is 211 Å². The molecule has 0 unspecified atom stereocenters. The Balaban J connectivity index is 1.50. The summed E-state index contributed by atoms with van der Waals surface area (Å²) in [6, 6.07) is 13.6. The summed E-state index contributed by atoms with van der Waals surface area (Å²) < 4.78 is 29.4. The monoisotopic (exact) mass is 498 g/mol. The molecule has 1 aliphatic heterocycles. The molecule has 4 rings (SSSR count). The number of nitrogens with zero attached hydrogens (tertiary/aromatic N) is 3. The summed E-state index contributed by atoms with van der Waals surface area (Å²) in [5, 5.41) is 18.0. The second-order valence-corrected chi connectivity index (χ2v) is 9.25. The van der Waals surface area contributed by atoms with Gasteiger partial charge in [0.1, 0.15) is 6.61 Å². The average Bonchev–Trinajstić information content (AvgIpc) is 3.51. The largest absolute Gasteiger partial charge is 0.460 e. The Bertz CT molecular complexity index is 1130. The number of aliphatic hydroxyl groups is 1. The molecule has 2 N–H and O–H groups in total. The first kappa shape index (κ1) is 25.7. The third kappa shape index (κ3) is 6.87. The first-order chi connectivity index (χ1) is 17.3. The van der Waals surface area contributed by atoms with Gasteiger partial charge in [0.2, 0.25) is 6.79 Å². The number of aliphatic hydroxyl groups excluding tert-OH is 1. The molecule has 0 aliphatic carbocycles. The molecule has 0 radical (unpaired) electrons. The van der Waals surface area contributed by atoms with E-state index in [1.165, 1.54) is 0 Å². The highest BCUT2D eigenvalue weighted by Gasteiger charge is 2.20. The molecule has 194 valence electrons. The van der Waals surface area contributed by atoms with Gasteiger partial charge in [-0.1, -0.05) is 0 Å². The lowest BCUT2D eigenvalue weighted by Gasteiger charge is -2.22. The van der Waals surface area contributed by atoms with Crippen LogP contribution in [0.2, 0.25) is 0 Å². The van der Waals surface area contributed by atoms with E-state index in [0.29, 0.717) is 43.7 Å². The van der Waals surface area contributed by atoms with E-state index in [9.17, 15) is 5.11 Å². The minimum Gasteiger partial charge on any atom is -0.460 e. The summed E-state index contributed by atoms with van der Waals surface area (Å²) in [7, 11) is 0. The van der Waals surface area contributed by atoms with Crippen molar-refractivity contribution < 1.29 is 28.8 Å². The van der Waals surface area contributed by atoms with E-state index in [2.05, 4.69) is 15.4 Å². The van der Waals surface area contributed by atoms with Gasteiger partial charge in [-0.05, 0) is 70.2 Å². The van der Waals surface area contributed by atoms with Gasteiger partial charge in [0.05, 0.1) is 30.6 Å². The van der Waals surface area contributed by atoms with Gasteiger partial charge in [0, 0.05) is 24.4 Å². The summed E-state index contributed by atoms with van der Waals surface area (Å²) in [6.45, 7) is 10.1. The SMILES string of the molecule is CCOCCOc1nc(-c2ccc3c(c2)OCO3)n(-c2ccc(NC[C@@H](O)COC(C)(C)C)cc2)n1. The van der Waals surface area contributed by atoms with Gasteiger partial charge in [-0.15, -0.1) is 5.10 Å². The molecule has 0 fully saturated rings. The van der Waals surface area contributed by atoms with Crippen LogP contribution >= 0.6 is 0 Å². The van der Waals surface area contributed by atoms with E-state index in [0.717, 1.165) is 16.9 Å². The van der Waals surface area contributed by atoms with E-state index in [-0.39, 0.29) is 25.0 Å². The van der Waals surface area contributed by atoms with Crippen molar-refractivity contribution in [2.24, 2.45) is 0 Å². The maximum atomic E-state index is 10.2. The van der Waals surface area contributed by atoms with Crippen molar-refractivity contribution in [3.8, 4) is 34.6 Å². The normalized spacial score (nSPS) is 13.6. The van der Waals surface area contributed by atoms with Crippen molar-refractivity contribution in [2.45, 2.75) is 39.4 Å². The third-order valence-electron chi connectivity index (χ3n) is 5.24. The van der Waals surface area contributed by atoms with Gasteiger partial charge in [0.15, 0.2) is 17.3 Å². The first-order valence-electron chi connectivity index (χ1n) is 12.1. The van der Waals surface area contributed by atoms with Crippen molar-refractivity contribution in [3.05, 3.63) is 42.5 Å². The fourth-order valence-corrected chi connectivity index (χ4v) is 3.45. The van der Waals surface area contributed by atoms with Gasteiger partial charge in [-0.2, -0.15) is 4.98 Å². The van der Waals surface area contributed by atoms with E-state index in [1.807, 2.05) is 70.2 Å². The summed E-state index contributed by atoms with van der Waals surface area (Å²) in [4.78, 5) is 4.62. The number of aromatic nitrogens is 3. The molecule has 0 saturated heterocycles. The molecule has 2 heterocycles. The molecule has 3 aromatic rings. The van der Waals surface area contributed by atoms with Crippen LogP contribution in [-0.2, 0) is 9.47 Å². The summed E-state index contributed by atoms with van der Waals surface area (Å²) in [6.07, 6.45) is -0.617. The van der Waals surface area contributed by atoms with Crippen LogP contribution in [0, 0.1) is 0 Å². The Morgan fingerprint density at radius 2 is 1.86 bits per heavy atom. The standard InChI is InChI=1S/C26H34N4O6/c1-5-32-12-13-33-25-28-24(18-6-11-22-23(14-18)35-17-34-22)30(29-25)20-9-7-19(8-10-20)27-15-21(31)16-36-26(2,3)4/h6-11,14,21,27,31H,5,12-13,15-17H2,1-4H3/t21-/m1/s1. The topological polar surface area (TPSA) is 109 Å². The fourth-order valence-electron chi connectivity index (χ4n) is 3.45. The second kappa shape index (κ2) is 11.6. The third-order valence-corrected chi connectivity index (χ3v) is 5.24. The smallest absolute Gasteiger partial charge is 0.336 e. The first-order valence-corrected chi connectivity index (χ1v) is 12.1. The number of rotatable bonds is 12. The zero-order chi connectivity index (χ0) is 25.5. The molecule has 0 spiro atoms. The van der Waals surface area contributed by atoms with Crippen LogP contribution < -0.4 is 19.5 Å². The maximum Gasteiger partial charge on any atom is 0.336 e. The van der Waals surface area contributed by atoms with Crippen LogP contribution in [0.25, 0.3) is 17.1 Å². The highest BCUT2D eigenvalue weighted by Crippen LogP contribution is 2.36. The van der Waals surface area contributed by atoms with Crippen LogP contribution in [0.3, 0.4) is 0 Å². The molecule has 1 aromatic heterocycles. The molecular weight excluding hydrogens is 464 g/mol. The fraction of sp³-hybridized carbons (Fsp3) is 0.462. The number of fused-ring (bicyclic) bond motifs is 1. The average molecular weight is 499 g/mol. The Kier molecular flexibility index (Phi) is 8.29. The van der Waals surface area contributed by atoms with Gasteiger partial charge in [0.25, 0.3) is 0 Å². The quantitative estimate of drug-likeness (QED) is 0.362. The van der Waals surface area contributed by atoms with E-state index < -0.39 is 6.10 Å². The van der Waals surface area contributed by atoms with Crippen LogP contribution in [0.5, 0.6) is 17.5 Å². The summed E-state index contributed by atoms with van der Waals surface area (Å²) in [5.41, 5.74) is 2.20. The van der Waals surface area contributed by atoms with Gasteiger partial charge < -0.3 is 34.1 Å². The molecule has 10 nitrogen and oxygen atoms in total. The summed E-state index contributed by atoms with van der Waals surface area (Å²) in [5.74, 6) is 1.97. The Morgan fingerprint density at radius 1 is 1.08 bits per heavy atom. The second-order valence-electron chi connectivity index (χ2n) is 9.25. The van der Waals surface area contributed by atoms with E-state index in [1.54, 1.807) is 4.68 Å². The highest BCUT2D eigenvalue weighted by molar-refractivity contribution is 5.64. The Morgan fingerprint density at radius 3 is 2.61 bits per heavy atom. The van der Waals surface area contributed by atoms with Crippen molar-refractivity contribution in [3.63, 3.8) is 0 Å². The van der Waals surface area contributed by atoms with Crippen LogP contribution in [-0.4, -0.2) is 71.3 Å². The number of anilines is 1. The number of benzene rings is 2. The number of hydrogen-bond acceptors (Lipinski definition) is 9. The predicted molar refractivity (Wildman–Crippen MR) is 135 cm³/mol. The highest BCUT2D eigenvalue weighted by atomic mass is 16.7. The molecule has 0 bridgehead atoms. The zero-order valence-electron chi connectivity index (χ0n) is 21.2. The minimum atomic E-state index is -0.617. The van der Waals surface area contributed by atoms with E-state index >= 15 is 0 Å². The predicted octanol–water partition coefficient (Wildman–Crippen LogP) is 3.67. The van der Waals surface area contributed by atoms with Crippen molar-refractivity contribution >= 4 is 5.69 Å². The molecule has 2 aromatic carbocycles. The molecule has 36 heavy (non-hydrogen) atoms. The number of nitrogens with one attached hydrogen (secondary N) is 1. The van der Waals surface area contributed by atoms with Gasteiger partial charge in [-0.3, -0.25) is 0 Å². The number of hydrogen-bond donors (Lipinski definition) is 2. The molecule has 0 amide bonds. The maximum absolute atomic E-state index is 10.2. The molecule has 0 saturated carbocycles. The van der Waals surface area contributed by atoms with Crippen LogP contribution in [0.15, 0.2) is 42.5 Å². The van der Waals surface area contributed by atoms with Gasteiger partial charge >= 0.3 is 6.01 Å². The van der Waals surface area contributed by atoms with Crippen molar-refractivity contribution in [1.29, 1.82) is 0 Å². The molecule has 1 aliphatic rings. The number of ether oxygens (including phenoxy) is 5. The summed E-state index contributed by atoms with van der Waals surface area (Å²) >= 11 is 0. The lowest BCUT2D eigenvalue weighted by atomic mass is 10.2. The lowest BCUT2D eigenvalue weighted by Crippen LogP contribution is -2.30. The lowest BCUT2D eigenvalue weighted by molar-refractivity contribution is -0.0449. The van der Waals surface area contributed by atoms with Crippen molar-refractivity contribution in [1.82, 2.24) is 14.8 Å².